The first-order valence-corrected chi connectivity index (χ1v) is 27.0. The number of unbranched alkanes of at least 4 members (excludes halogenated alkanes) is 29. The minimum Gasteiger partial charge on any atom is -0.462 e. The quantitative estimate of drug-likeness (QED) is 0.0199. The molecule has 0 bridgehead atoms. The van der Waals surface area contributed by atoms with Crippen molar-refractivity contribution in [1.29, 1.82) is 0 Å². The highest BCUT2D eigenvalue weighted by atomic mass is 16.6. The van der Waals surface area contributed by atoms with Gasteiger partial charge in [-0.05, 0) is 57.8 Å². The maximum absolute atomic E-state index is 12.8. The summed E-state index contributed by atoms with van der Waals surface area (Å²) in [5.74, 6) is -0.973. The fraction of sp³-hybridized carbons (Fsp3) is 0.741. The van der Waals surface area contributed by atoms with Crippen LogP contribution in [-0.4, -0.2) is 37.2 Å². The lowest BCUT2D eigenvalue weighted by atomic mass is 10.0. The van der Waals surface area contributed by atoms with E-state index in [9.17, 15) is 14.4 Å². The molecule has 1 atom stereocenters. The SMILES string of the molecule is CC/C=C/C=C/C=C/C=C/C=C/CCCC(=O)OCC(COC(=O)CCCCCCCCC/C=C/CCCCCCCCCC)OC(=O)CCCCCCCCCCCCCCCC. The lowest BCUT2D eigenvalue weighted by molar-refractivity contribution is -0.167. The molecule has 0 aliphatic rings. The van der Waals surface area contributed by atoms with E-state index in [0.717, 1.165) is 51.4 Å². The van der Waals surface area contributed by atoms with E-state index in [4.69, 9.17) is 14.2 Å². The summed E-state index contributed by atoms with van der Waals surface area (Å²) in [6.45, 7) is 6.44. The van der Waals surface area contributed by atoms with Gasteiger partial charge < -0.3 is 14.2 Å². The van der Waals surface area contributed by atoms with Crippen LogP contribution in [0.5, 0.6) is 0 Å². The normalized spacial score (nSPS) is 12.6. The van der Waals surface area contributed by atoms with Crippen LogP contribution in [0.3, 0.4) is 0 Å². The van der Waals surface area contributed by atoms with Crippen LogP contribution in [0.2, 0.25) is 0 Å². The van der Waals surface area contributed by atoms with E-state index in [2.05, 4.69) is 39.0 Å². The zero-order valence-corrected chi connectivity index (χ0v) is 42.0. The van der Waals surface area contributed by atoms with Gasteiger partial charge in [-0.2, -0.15) is 0 Å². The molecule has 6 heteroatoms. The van der Waals surface area contributed by atoms with Gasteiger partial charge in [-0.25, -0.2) is 0 Å². The summed E-state index contributed by atoms with van der Waals surface area (Å²) in [5.41, 5.74) is 0. The summed E-state index contributed by atoms with van der Waals surface area (Å²) in [5, 5.41) is 0. The standard InChI is InChI=1S/C58H100O6/c1-4-7-10-13-16-19-22-25-27-28-29-30-31-34-36-39-42-45-48-51-57(60)63-54-55(53-62-56(59)50-47-44-41-38-35-32-24-21-18-15-12-9-6-3)64-58(61)52-49-46-43-40-37-33-26-23-20-17-14-11-8-5-2/h9,12,15,18,21,24,28-29,32,35,38,41,55H,4-8,10-11,13-14,16-17,19-20,22-23,25-27,30-31,33-34,36-37,39-40,42-54H2,1-3H3/b12-9+,18-15+,24-21+,29-28+,35-32+,41-38+. The molecule has 0 heterocycles. The molecule has 0 aromatic heterocycles. The van der Waals surface area contributed by atoms with Gasteiger partial charge >= 0.3 is 17.9 Å². The van der Waals surface area contributed by atoms with Crippen molar-refractivity contribution in [3.8, 4) is 0 Å². The monoisotopic (exact) mass is 893 g/mol. The van der Waals surface area contributed by atoms with Crippen molar-refractivity contribution in [3.63, 3.8) is 0 Å². The van der Waals surface area contributed by atoms with E-state index in [1.165, 1.54) is 161 Å². The van der Waals surface area contributed by atoms with Gasteiger partial charge in [0.25, 0.3) is 0 Å². The Hall–Kier alpha value is -3.15. The predicted molar refractivity (Wildman–Crippen MR) is 274 cm³/mol. The summed E-state index contributed by atoms with van der Waals surface area (Å²) in [4.78, 5) is 38.0. The van der Waals surface area contributed by atoms with Gasteiger partial charge in [-0.15, -0.1) is 0 Å². The third kappa shape index (κ3) is 49.9. The number of ether oxygens (including phenoxy) is 3. The van der Waals surface area contributed by atoms with Crippen molar-refractivity contribution < 1.29 is 28.6 Å². The molecule has 0 spiro atoms. The summed E-state index contributed by atoms with van der Waals surface area (Å²) >= 11 is 0. The summed E-state index contributed by atoms with van der Waals surface area (Å²) in [6.07, 6.45) is 66.1. The summed E-state index contributed by atoms with van der Waals surface area (Å²) < 4.78 is 16.7. The lowest BCUT2D eigenvalue weighted by Crippen LogP contribution is -2.30. The number of allylic oxidation sites excluding steroid dienone is 12. The molecule has 0 radical (unpaired) electrons. The average molecular weight is 893 g/mol. The third-order valence-corrected chi connectivity index (χ3v) is 11.6. The second-order valence-corrected chi connectivity index (χ2v) is 17.9. The molecule has 1 unspecified atom stereocenters. The number of carbonyl (C=O) groups excluding carboxylic acids is 3. The first kappa shape index (κ1) is 60.9. The molecular weight excluding hydrogens is 793 g/mol. The largest absolute Gasteiger partial charge is 0.462 e. The Morgan fingerprint density at radius 3 is 1.05 bits per heavy atom. The van der Waals surface area contributed by atoms with E-state index in [1.807, 2.05) is 54.7 Å². The van der Waals surface area contributed by atoms with Crippen molar-refractivity contribution in [2.75, 3.05) is 13.2 Å². The number of esters is 3. The highest BCUT2D eigenvalue weighted by Gasteiger charge is 2.19. The fourth-order valence-corrected chi connectivity index (χ4v) is 7.53. The van der Waals surface area contributed by atoms with Crippen LogP contribution in [0.1, 0.15) is 258 Å². The van der Waals surface area contributed by atoms with Crippen molar-refractivity contribution in [3.05, 3.63) is 72.9 Å². The molecule has 368 valence electrons. The first-order chi connectivity index (χ1) is 31.5. The average Bonchev–Trinajstić information content (AvgIpc) is 3.29. The zero-order valence-electron chi connectivity index (χ0n) is 42.0. The van der Waals surface area contributed by atoms with Crippen molar-refractivity contribution in [2.24, 2.45) is 0 Å². The van der Waals surface area contributed by atoms with Crippen LogP contribution in [0.4, 0.5) is 0 Å². The molecule has 0 aromatic rings. The van der Waals surface area contributed by atoms with E-state index in [-0.39, 0.29) is 37.5 Å². The summed E-state index contributed by atoms with van der Waals surface area (Å²) in [7, 11) is 0. The third-order valence-electron chi connectivity index (χ3n) is 11.6. The van der Waals surface area contributed by atoms with Gasteiger partial charge in [0, 0.05) is 19.3 Å². The number of hydrogen-bond donors (Lipinski definition) is 0. The second-order valence-electron chi connectivity index (χ2n) is 17.9. The van der Waals surface area contributed by atoms with Gasteiger partial charge in [-0.1, -0.05) is 254 Å². The Labute approximate surface area is 395 Å². The van der Waals surface area contributed by atoms with Crippen molar-refractivity contribution in [1.82, 2.24) is 0 Å². The van der Waals surface area contributed by atoms with Crippen LogP contribution in [0, 0.1) is 0 Å². The number of rotatable bonds is 48. The maximum Gasteiger partial charge on any atom is 0.306 e. The molecule has 0 saturated heterocycles. The smallest absolute Gasteiger partial charge is 0.306 e. The van der Waals surface area contributed by atoms with Gasteiger partial charge in [-0.3, -0.25) is 14.4 Å². The van der Waals surface area contributed by atoms with E-state index in [1.54, 1.807) is 0 Å². The Balaban J connectivity index is 4.42. The number of hydrogen-bond acceptors (Lipinski definition) is 6. The maximum atomic E-state index is 12.8. The summed E-state index contributed by atoms with van der Waals surface area (Å²) in [6, 6.07) is 0. The molecular formula is C58H100O6. The van der Waals surface area contributed by atoms with Gasteiger partial charge in [0.2, 0.25) is 0 Å². The molecule has 64 heavy (non-hydrogen) atoms. The minimum atomic E-state index is -0.803. The zero-order chi connectivity index (χ0) is 46.5. The molecule has 0 fully saturated rings. The van der Waals surface area contributed by atoms with Gasteiger partial charge in [0.05, 0.1) is 0 Å². The molecule has 0 aliphatic heterocycles. The highest BCUT2D eigenvalue weighted by molar-refractivity contribution is 5.71. The Morgan fingerprint density at radius 1 is 0.328 bits per heavy atom. The lowest BCUT2D eigenvalue weighted by Gasteiger charge is -2.18. The molecule has 0 rings (SSSR count). The van der Waals surface area contributed by atoms with Crippen molar-refractivity contribution >= 4 is 17.9 Å². The van der Waals surface area contributed by atoms with E-state index in [0.29, 0.717) is 19.3 Å². The molecule has 0 aliphatic carbocycles. The minimum absolute atomic E-state index is 0.0983. The van der Waals surface area contributed by atoms with E-state index >= 15 is 0 Å². The molecule has 0 N–H and O–H groups in total. The van der Waals surface area contributed by atoms with E-state index < -0.39 is 6.10 Å². The Morgan fingerprint density at radius 2 is 0.641 bits per heavy atom. The van der Waals surface area contributed by atoms with Crippen LogP contribution < -0.4 is 0 Å². The highest BCUT2D eigenvalue weighted by Crippen LogP contribution is 2.15. The Kier molecular flexibility index (Phi) is 49.9. The van der Waals surface area contributed by atoms with Crippen LogP contribution in [0.25, 0.3) is 0 Å². The first-order valence-electron chi connectivity index (χ1n) is 27.0. The number of carbonyl (C=O) groups is 3. The van der Waals surface area contributed by atoms with Crippen LogP contribution in [-0.2, 0) is 28.6 Å². The van der Waals surface area contributed by atoms with Crippen LogP contribution >= 0.6 is 0 Å². The Bertz CT molecular complexity index is 1210. The fourth-order valence-electron chi connectivity index (χ4n) is 7.53. The molecule has 6 nitrogen and oxygen atoms in total. The van der Waals surface area contributed by atoms with Crippen molar-refractivity contribution in [2.45, 2.75) is 264 Å². The van der Waals surface area contributed by atoms with Crippen LogP contribution in [0.15, 0.2) is 72.9 Å². The molecule has 0 saturated carbocycles. The van der Waals surface area contributed by atoms with Gasteiger partial charge in [0.15, 0.2) is 6.10 Å². The molecule has 0 amide bonds. The molecule has 0 aromatic carbocycles. The predicted octanol–water partition coefficient (Wildman–Crippen LogP) is 17.8. The van der Waals surface area contributed by atoms with Gasteiger partial charge in [0.1, 0.15) is 13.2 Å². The second kappa shape index (κ2) is 52.5. The topological polar surface area (TPSA) is 78.9 Å².